The number of carbonyl (C=O) groups is 1. The van der Waals surface area contributed by atoms with Gasteiger partial charge in [-0.15, -0.1) is 11.8 Å². The van der Waals surface area contributed by atoms with Gasteiger partial charge in [0, 0.05) is 40.0 Å². The molecule has 0 radical (unpaired) electrons. The molecule has 27 heavy (non-hydrogen) atoms. The Morgan fingerprint density at radius 2 is 2.00 bits per heavy atom. The lowest BCUT2D eigenvalue weighted by molar-refractivity contribution is -0.118. The van der Waals surface area contributed by atoms with Gasteiger partial charge in [-0.1, -0.05) is 34.1 Å². The zero-order valence-electron chi connectivity index (χ0n) is 15.0. The fourth-order valence-corrected chi connectivity index (χ4v) is 4.08. The molecule has 0 bridgehead atoms. The van der Waals surface area contributed by atoms with Crippen molar-refractivity contribution in [3.63, 3.8) is 0 Å². The van der Waals surface area contributed by atoms with Crippen molar-refractivity contribution in [1.82, 2.24) is 9.88 Å². The Bertz CT molecular complexity index is 1050. The number of aromatic nitrogens is 1. The molecule has 5 nitrogen and oxygen atoms in total. The second-order valence-electron chi connectivity index (χ2n) is 5.94. The third-order valence-corrected chi connectivity index (χ3v) is 5.74. The van der Waals surface area contributed by atoms with Crippen molar-refractivity contribution < 1.29 is 9.53 Å². The van der Waals surface area contributed by atoms with Crippen LogP contribution in [0.1, 0.15) is 5.56 Å². The molecule has 140 valence electrons. The van der Waals surface area contributed by atoms with Crippen LogP contribution >= 0.6 is 27.7 Å². The fraction of sp³-hybridized carbons (Fsp3) is 0.200. The van der Waals surface area contributed by atoms with E-state index in [1.165, 1.54) is 11.8 Å². The normalized spacial score (nSPS) is 10.8. The monoisotopic (exact) mass is 446 g/mol. The second kappa shape index (κ2) is 8.63. The topological polar surface area (TPSA) is 60.3 Å². The summed E-state index contributed by atoms with van der Waals surface area (Å²) in [5.41, 5.74) is 1.66. The third kappa shape index (κ3) is 4.54. The van der Waals surface area contributed by atoms with E-state index >= 15 is 0 Å². The highest BCUT2D eigenvalue weighted by atomic mass is 79.9. The van der Waals surface area contributed by atoms with E-state index < -0.39 is 0 Å². The van der Waals surface area contributed by atoms with Crippen molar-refractivity contribution in [3.8, 4) is 5.75 Å². The number of thioether (sulfide) groups is 1. The molecular weight excluding hydrogens is 428 g/mol. The Hall–Kier alpha value is -2.25. The number of nitrogens with zero attached hydrogens (tertiary/aromatic N) is 1. The highest BCUT2D eigenvalue weighted by Gasteiger charge is 2.10. The van der Waals surface area contributed by atoms with Crippen molar-refractivity contribution in [1.29, 1.82) is 0 Å². The van der Waals surface area contributed by atoms with E-state index in [0.717, 1.165) is 31.6 Å². The quantitative estimate of drug-likeness (QED) is 0.586. The summed E-state index contributed by atoms with van der Waals surface area (Å²) in [7, 11) is 3.35. The Kier molecular flexibility index (Phi) is 6.23. The molecule has 0 aliphatic heterocycles. The number of methoxy groups -OCH3 is 1. The lowest BCUT2D eigenvalue weighted by Crippen LogP contribution is -2.25. The number of para-hydroxylation sites is 1. The molecule has 0 aliphatic carbocycles. The fourth-order valence-electron chi connectivity index (χ4n) is 2.77. The Morgan fingerprint density at radius 1 is 1.22 bits per heavy atom. The molecule has 1 heterocycles. The standard InChI is InChI=1S/C20H19BrN2O3S/c1-23-16-6-4-3-5-15(16)18(10-20(23)25)27-12-19(24)22-11-13-9-14(21)7-8-17(13)26-2/h3-10H,11-12H2,1-2H3,(H,22,24). The van der Waals surface area contributed by atoms with Crippen LogP contribution < -0.4 is 15.6 Å². The van der Waals surface area contributed by atoms with Crippen LogP contribution in [0.25, 0.3) is 10.9 Å². The molecule has 0 saturated heterocycles. The number of hydrogen-bond acceptors (Lipinski definition) is 4. The molecule has 1 aromatic heterocycles. The number of rotatable bonds is 6. The average Bonchev–Trinajstić information content (AvgIpc) is 2.68. The van der Waals surface area contributed by atoms with Gasteiger partial charge in [0.15, 0.2) is 0 Å². The van der Waals surface area contributed by atoms with E-state index in [2.05, 4.69) is 21.2 Å². The number of aryl methyl sites for hydroxylation is 1. The van der Waals surface area contributed by atoms with Crippen LogP contribution in [-0.4, -0.2) is 23.3 Å². The van der Waals surface area contributed by atoms with E-state index in [0.29, 0.717) is 6.54 Å². The summed E-state index contributed by atoms with van der Waals surface area (Å²) in [5, 5.41) is 3.87. The molecule has 0 fully saturated rings. The molecule has 0 unspecified atom stereocenters. The second-order valence-corrected chi connectivity index (χ2v) is 7.88. The number of amides is 1. The van der Waals surface area contributed by atoms with Crippen molar-refractivity contribution in [3.05, 3.63) is 68.9 Å². The summed E-state index contributed by atoms with van der Waals surface area (Å²) in [4.78, 5) is 25.2. The van der Waals surface area contributed by atoms with Crippen LogP contribution in [0.5, 0.6) is 5.75 Å². The molecule has 0 saturated carbocycles. The van der Waals surface area contributed by atoms with E-state index in [1.54, 1.807) is 24.8 Å². The summed E-state index contributed by atoms with van der Waals surface area (Å²) < 4.78 is 7.85. The predicted octanol–water partition coefficient (Wildman–Crippen LogP) is 3.72. The maximum atomic E-state index is 12.3. The minimum Gasteiger partial charge on any atom is -0.496 e. The van der Waals surface area contributed by atoms with Crippen LogP contribution in [0.15, 0.2) is 62.7 Å². The Labute approximate surface area is 169 Å². The molecule has 3 aromatic rings. The van der Waals surface area contributed by atoms with Gasteiger partial charge in [-0.2, -0.15) is 0 Å². The number of nitrogens with one attached hydrogen (secondary N) is 1. The van der Waals surface area contributed by atoms with Crippen molar-refractivity contribution in [2.75, 3.05) is 12.9 Å². The van der Waals surface area contributed by atoms with Gasteiger partial charge >= 0.3 is 0 Å². The first-order valence-electron chi connectivity index (χ1n) is 8.30. The van der Waals surface area contributed by atoms with Crippen molar-refractivity contribution >= 4 is 44.5 Å². The van der Waals surface area contributed by atoms with Gasteiger partial charge in [-0.3, -0.25) is 9.59 Å². The summed E-state index contributed by atoms with van der Waals surface area (Å²) in [5.74, 6) is 0.850. The van der Waals surface area contributed by atoms with Gasteiger partial charge in [0.05, 0.1) is 18.4 Å². The van der Waals surface area contributed by atoms with Crippen LogP contribution in [-0.2, 0) is 18.4 Å². The average molecular weight is 447 g/mol. The maximum Gasteiger partial charge on any atom is 0.251 e. The number of pyridine rings is 1. The molecular formula is C20H19BrN2O3S. The van der Waals surface area contributed by atoms with Gasteiger partial charge in [0.1, 0.15) is 5.75 Å². The van der Waals surface area contributed by atoms with Crippen molar-refractivity contribution in [2.45, 2.75) is 11.4 Å². The SMILES string of the molecule is COc1ccc(Br)cc1CNC(=O)CSc1cc(=O)n(C)c2ccccc12. The van der Waals surface area contributed by atoms with Gasteiger partial charge in [0.2, 0.25) is 5.91 Å². The first kappa shape index (κ1) is 19.5. The molecule has 1 amide bonds. The number of benzene rings is 2. The molecule has 0 atom stereocenters. The van der Waals surface area contributed by atoms with Crippen LogP contribution in [0.2, 0.25) is 0 Å². The third-order valence-electron chi connectivity index (χ3n) is 4.19. The minimum atomic E-state index is -0.105. The molecule has 3 rings (SSSR count). The molecule has 0 aliphatic rings. The van der Waals surface area contributed by atoms with E-state index in [1.807, 2.05) is 42.5 Å². The van der Waals surface area contributed by atoms with Gasteiger partial charge in [-0.05, 0) is 24.3 Å². The van der Waals surface area contributed by atoms with Gasteiger partial charge < -0.3 is 14.6 Å². The summed E-state index contributed by atoms with van der Waals surface area (Å²) in [6.45, 7) is 0.374. The lowest BCUT2D eigenvalue weighted by atomic mass is 10.2. The number of hydrogen-bond donors (Lipinski definition) is 1. The van der Waals surface area contributed by atoms with Crippen LogP contribution in [0.3, 0.4) is 0 Å². The molecule has 1 N–H and O–H groups in total. The van der Waals surface area contributed by atoms with Crippen LogP contribution in [0.4, 0.5) is 0 Å². The zero-order valence-corrected chi connectivity index (χ0v) is 17.4. The molecule has 2 aromatic carbocycles. The van der Waals surface area contributed by atoms with E-state index in [4.69, 9.17) is 4.74 Å². The Morgan fingerprint density at radius 3 is 2.78 bits per heavy atom. The summed E-state index contributed by atoms with van der Waals surface area (Å²) >= 11 is 4.79. The Balaban J connectivity index is 1.68. The predicted molar refractivity (Wildman–Crippen MR) is 112 cm³/mol. The maximum absolute atomic E-state index is 12.3. The number of carbonyl (C=O) groups excluding carboxylic acids is 1. The highest BCUT2D eigenvalue weighted by Crippen LogP contribution is 2.26. The largest absolute Gasteiger partial charge is 0.496 e. The lowest BCUT2D eigenvalue weighted by Gasteiger charge is -2.11. The van der Waals surface area contributed by atoms with Crippen LogP contribution in [0, 0.1) is 0 Å². The van der Waals surface area contributed by atoms with Crippen molar-refractivity contribution in [2.24, 2.45) is 7.05 Å². The minimum absolute atomic E-state index is 0.0875. The molecule has 0 spiro atoms. The number of ether oxygens (including phenoxy) is 1. The number of fused-ring (bicyclic) bond motifs is 1. The first-order valence-corrected chi connectivity index (χ1v) is 10.1. The summed E-state index contributed by atoms with van der Waals surface area (Å²) in [6.07, 6.45) is 0. The molecule has 7 heteroatoms. The summed E-state index contributed by atoms with van der Waals surface area (Å²) in [6, 6.07) is 14.9. The zero-order chi connectivity index (χ0) is 19.4. The first-order chi connectivity index (χ1) is 13.0. The van der Waals surface area contributed by atoms with Gasteiger partial charge in [0.25, 0.3) is 5.56 Å². The highest BCUT2D eigenvalue weighted by molar-refractivity contribution is 9.10. The van der Waals surface area contributed by atoms with E-state index in [-0.39, 0.29) is 17.2 Å². The van der Waals surface area contributed by atoms with Gasteiger partial charge in [-0.25, -0.2) is 0 Å². The smallest absolute Gasteiger partial charge is 0.251 e. The number of halogens is 1. The van der Waals surface area contributed by atoms with E-state index in [9.17, 15) is 9.59 Å².